The highest BCUT2D eigenvalue weighted by Crippen LogP contribution is 2.39. The molecule has 0 spiro atoms. The van der Waals surface area contributed by atoms with E-state index >= 15 is 0 Å². The highest BCUT2D eigenvalue weighted by Gasteiger charge is 2.26. The molecule has 0 aliphatic heterocycles. The predicted molar refractivity (Wildman–Crippen MR) is 119 cm³/mol. The molecule has 0 heterocycles. The second-order valence-electron chi connectivity index (χ2n) is 6.76. The van der Waals surface area contributed by atoms with Gasteiger partial charge in [-0.2, -0.15) is 0 Å². The summed E-state index contributed by atoms with van der Waals surface area (Å²) in [5.41, 5.74) is 5.23. The molecule has 0 saturated carbocycles. The molecule has 0 aromatic heterocycles. The lowest BCUT2D eigenvalue weighted by Crippen LogP contribution is -2.33. The van der Waals surface area contributed by atoms with Crippen LogP contribution in [0.3, 0.4) is 0 Å². The Morgan fingerprint density at radius 2 is 1.30 bits per heavy atom. The molecule has 0 amide bonds. The fourth-order valence-corrected chi connectivity index (χ4v) is 3.97. The van der Waals surface area contributed by atoms with Crippen LogP contribution in [0.15, 0.2) is 92.7 Å². The maximum atomic E-state index is 3.97. The molecular formula is C25H28N2. The summed E-state index contributed by atoms with van der Waals surface area (Å²) < 4.78 is 0. The molecule has 0 unspecified atom stereocenters. The number of nitrogens with zero attached hydrogens (tertiary/aromatic N) is 2. The lowest BCUT2D eigenvalue weighted by atomic mass is 9.88. The smallest absolute Gasteiger partial charge is 0.0650 e. The molecule has 3 rings (SSSR count). The van der Waals surface area contributed by atoms with E-state index in [4.69, 9.17) is 0 Å². The van der Waals surface area contributed by atoms with E-state index in [0.29, 0.717) is 0 Å². The number of benzene rings is 2. The molecule has 1 aliphatic carbocycles. The van der Waals surface area contributed by atoms with Crippen LogP contribution in [0.2, 0.25) is 0 Å². The minimum Gasteiger partial charge on any atom is -0.365 e. The topological polar surface area (TPSA) is 6.48 Å². The van der Waals surface area contributed by atoms with Crippen LogP contribution >= 0.6 is 0 Å². The molecule has 0 bridgehead atoms. The van der Waals surface area contributed by atoms with Crippen molar-refractivity contribution in [2.75, 3.05) is 26.2 Å². The fourth-order valence-electron chi connectivity index (χ4n) is 3.97. The first-order valence-electron chi connectivity index (χ1n) is 9.42. The standard InChI is InChI=1S/C25H28N2/c1-5-15-26(16-6-2)23-19-21-13-9-11-20-12-10-14-22(24(20)21)25(23)27(17-7-3)18-8-4/h5-14H,1-4,15-19H2. The van der Waals surface area contributed by atoms with Gasteiger partial charge in [-0.05, 0) is 16.3 Å². The first-order valence-corrected chi connectivity index (χ1v) is 9.42. The van der Waals surface area contributed by atoms with E-state index in [1.165, 1.54) is 33.3 Å². The molecule has 2 aromatic rings. The first kappa shape index (κ1) is 18.8. The number of hydrogen-bond acceptors (Lipinski definition) is 2. The first-order chi connectivity index (χ1) is 13.2. The van der Waals surface area contributed by atoms with E-state index in [-0.39, 0.29) is 0 Å². The summed E-state index contributed by atoms with van der Waals surface area (Å²) in [7, 11) is 0. The lowest BCUT2D eigenvalue weighted by Gasteiger charge is -2.37. The zero-order chi connectivity index (χ0) is 19.2. The third kappa shape index (κ3) is 3.61. The molecule has 1 aliphatic rings. The predicted octanol–water partition coefficient (Wildman–Crippen LogP) is 5.41. The van der Waals surface area contributed by atoms with Gasteiger partial charge in [-0.15, -0.1) is 26.3 Å². The van der Waals surface area contributed by atoms with Gasteiger partial charge in [0.25, 0.3) is 0 Å². The Hall–Kier alpha value is -3.00. The summed E-state index contributed by atoms with van der Waals surface area (Å²) in [6.45, 7) is 19.0. The van der Waals surface area contributed by atoms with Crippen molar-refractivity contribution < 1.29 is 0 Å². The summed E-state index contributed by atoms with van der Waals surface area (Å²) in [6.07, 6.45) is 8.73. The number of hydrogen-bond donors (Lipinski definition) is 0. The van der Waals surface area contributed by atoms with E-state index < -0.39 is 0 Å². The molecule has 0 fully saturated rings. The van der Waals surface area contributed by atoms with Crippen molar-refractivity contribution in [3.63, 3.8) is 0 Å². The van der Waals surface area contributed by atoms with Crippen molar-refractivity contribution in [1.29, 1.82) is 0 Å². The van der Waals surface area contributed by atoms with Gasteiger partial charge in [-0.3, -0.25) is 0 Å². The van der Waals surface area contributed by atoms with Gasteiger partial charge in [-0.25, -0.2) is 0 Å². The number of rotatable bonds is 10. The molecule has 0 N–H and O–H groups in total. The van der Waals surface area contributed by atoms with Gasteiger partial charge >= 0.3 is 0 Å². The molecule has 27 heavy (non-hydrogen) atoms. The third-order valence-corrected chi connectivity index (χ3v) is 4.97. The summed E-state index contributed by atoms with van der Waals surface area (Å²) in [5, 5.41) is 2.65. The SMILES string of the molecule is C=CCN(CC=C)C1=C(N(CC=C)CC=C)c2cccc3cccc(c23)C1. The minimum atomic E-state index is 0.777. The summed E-state index contributed by atoms with van der Waals surface area (Å²) in [5.74, 6) is 0. The molecule has 2 nitrogen and oxygen atoms in total. The maximum absolute atomic E-state index is 3.97. The highest BCUT2D eigenvalue weighted by molar-refractivity contribution is 5.98. The van der Waals surface area contributed by atoms with Crippen LogP contribution in [0.4, 0.5) is 0 Å². The third-order valence-electron chi connectivity index (χ3n) is 4.97. The monoisotopic (exact) mass is 356 g/mol. The second kappa shape index (κ2) is 8.59. The Labute approximate surface area is 163 Å². The van der Waals surface area contributed by atoms with Crippen molar-refractivity contribution in [1.82, 2.24) is 9.80 Å². The van der Waals surface area contributed by atoms with Crippen molar-refractivity contribution in [3.05, 3.63) is 104 Å². The quantitative estimate of drug-likeness (QED) is 0.525. The summed E-state index contributed by atoms with van der Waals surface area (Å²) in [6, 6.07) is 13.2. The lowest BCUT2D eigenvalue weighted by molar-refractivity contribution is 0.391. The van der Waals surface area contributed by atoms with E-state index in [1.54, 1.807) is 0 Å². The van der Waals surface area contributed by atoms with Crippen LogP contribution in [0.1, 0.15) is 11.1 Å². The Morgan fingerprint density at radius 1 is 0.741 bits per heavy atom. The van der Waals surface area contributed by atoms with Gasteiger partial charge in [0, 0.05) is 43.9 Å². The van der Waals surface area contributed by atoms with Crippen LogP contribution < -0.4 is 0 Å². The molecule has 2 heteroatoms. The van der Waals surface area contributed by atoms with Gasteiger partial charge in [-0.1, -0.05) is 60.7 Å². The Kier molecular flexibility index (Phi) is 5.97. The van der Waals surface area contributed by atoms with Crippen molar-refractivity contribution in [2.24, 2.45) is 0 Å². The van der Waals surface area contributed by atoms with Gasteiger partial charge in [0.1, 0.15) is 0 Å². The molecule has 2 aromatic carbocycles. The Bertz CT molecular complexity index is 878. The Balaban J connectivity index is 2.28. The largest absolute Gasteiger partial charge is 0.365 e. The maximum Gasteiger partial charge on any atom is 0.0650 e. The van der Waals surface area contributed by atoms with Crippen molar-refractivity contribution >= 4 is 16.5 Å². The van der Waals surface area contributed by atoms with Crippen LogP contribution in [0.5, 0.6) is 0 Å². The normalized spacial score (nSPS) is 12.6. The highest BCUT2D eigenvalue weighted by atomic mass is 15.2. The molecule has 138 valence electrons. The van der Waals surface area contributed by atoms with E-state index in [9.17, 15) is 0 Å². The van der Waals surface area contributed by atoms with Gasteiger partial charge < -0.3 is 9.80 Å². The van der Waals surface area contributed by atoms with Gasteiger partial charge in [0.15, 0.2) is 0 Å². The van der Waals surface area contributed by atoms with E-state index in [0.717, 1.165) is 32.6 Å². The average molecular weight is 357 g/mol. The van der Waals surface area contributed by atoms with Gasteiger partial charge in [0.05, 0.1) is 5.70 Å². The summed E-state index contributed by atoms with van der Waals surface area (Å²) >= 11 is 0. The molecule has 0 radical (unpaired) electrons. The van der Waals surface area contributed by atoms with Crippen LogP contribution in [0.25, 0.3) is 16.5 Å². The van der Waals surface area contributed by atoms with E-state index in [1.807, 2.05) is 24.3 Å². The zero-order valence-electron chi connectivity index (χ0n) is 16.0. The Morgan fingerprint density at radius 3 is 1.89 bits per heavy atom. The van der Waals surface area contributed by atoms with E-state index in [2.05, 4.69) is 72.5 Å². The average Bonchev–Trinajstić information content (AvgIpc) is 2.68. The summed E-state index contributed by atoms with van der Waals surface area (Å²) in [4.78, 5) is 4.72. The molecule has 0 atom stereocenters. The number of allylic oxidation sites excluding steroid dienone is 1. The zero-order valence-corrected chi connectivity index (χ0v) is 16.0. The fraction of sp³-hybridized carbons (Fsp3) is 0.200. The van der Waals surface area contributed by atoms with Crippen molar-refractivity contribution in [2.45, 2.75) is 6.42 Å². The molecule has 0 saturated heterocycles. The van der Waals surface area contributed by atoms with Crippen LogP contribution in [-0.2, 0) is 6.42 Å². The van der Waals surface area contributed by atoms with Crippen molar-refractivity contribution in [3.8, 4) is 0 Å². The second-order valence-corrected chi connectivity index (χ2v) is 6.76. The van der Waals surface area contributed by atoms with Crippen LogP contribution in [-0.4, -0.2) is 36.0 Å². The minimum absolute atomic E-state index is 0.777. The molecular weight excluding hydrogens is 328 g/mol. The van der Waals surface area contributed by atoms with Crippen LogP contribution in [0, 0.1) is 0 Å². The van der Waals surface area contributed by atoms with Gasteiger partial charge in [0.2, 0.25) is 0 Å².